The van der Waals surface area contributed by atoms with Gasteiger partial charge in [0, 0.05) is 74.1 Å². The third kappa shape index (κ3) is 12.2. The van der Waals surface area contributed by atoms with Gasteiger partial charge in [-0.2, -0.15) is 0 Å². The number of ketones is 1. The SMILES string of the molecule is CCCN(CCC)C(=O)C1=Cc2ccc(C(=O)Nc3ccc(N4CCC(C(=O)NCCCC(=O)C5CCC(CCC(C)(C)C)CC5)CC4)nc3)cc2N=C(N)C1. The van der Waals surface area contributed by atoms with E-state index in [4.69, 9.17) is 5.73 Å². The quantitative estimate of drug-likeness (QED) is 0.146. The molecular weight excluding hydrogens is 703 g/mol. The van der Waals surface area contributed by atoms with E-state index in [2.05, 4.69) is 60.1 Å². The van der Waals surface area contributed by atoms with Crippen LogP contribution >= 0.6 is 0 Å². The molecule has 0 radical (unpaired) electrons. The van der Waals surface area contributed by atoms with Gasteiger partial charge in [0.1, 0.15) is 17.4 Å². The normalized spacial score (nSPS) is 18.9. The predicted molar refractivity (Wildman–Crippen MR) is 226 cm³/mol. The topological polar surface area (TPSA) is 150 Å². The fourth-order valence-corrected chi connectivity index (χ4v) is 8.18. The number of nitrogens with one attached hydrogen (secondary N) is 2. The molecule has 1 saturated heterocycles. The van der Waals surface area contributed by atoms with Crippen LogP contribution in [0.2, 0.25) is 0 Å². The molecule has 4 N–H and O–H groups in total. The van der Waals surface area contributed by atoms with Crippen molar-refractivity contribution in [1.29, 1.82) is 0 Å². The third-order valence-electron chi connectivity index (χ3n) is 11.5. The van der Waals surface area contributed by atoms with E-state index >= 15 is 0 Å². The molecule has 3 heterocycles. The number of hydrogen-bond donors (Lipinski definition) is 3. The molecule has 1 aromatic heterocycles. The zero-order chi connectivity index (χ0) is 40.2. The van der Waals surface area contributed by atoms with Gasteiger partial charge in [-0.15, -0.1) is 0 Å². The number of carbonyl (C=O) groups is 4. The second kappa shape index (κ2) is 20.1. The molecular formula is C45H65N7O4. The molecule has 1 aliphatic carbocycles. The van der Waals surface area contributed by atoms with E-state index in [1.165, 1.54) is 25.7 Å². The summed E-state index contributed by atoms with van der Waals surface area (Å²) >= 11 is 0. The number of amidine groups is 1. The van der Waals surface area contributed by atoms with Gasteiger partial charge in [-0.05, 0) is 112 Å². The lowest BCUT2D eigenvalue weighted by molar-refractivity contribution is -0.127. The molecule has 0 bridgehead atoms. The lowest BCUT2D eigenvalue weighted by Gasteiger charge is -2.32. The number of carbonyl (C=O) groups excluding carboxylic acids is 4. The summed E-state index contributed by atoms with van der Waals surface area (Å²) in [7, 11) is 0. The maximum atomic E-state index is 13.3. The highest BCUT2D eigenvalue weighted by Crippen LogP contribution is 2.35. The summed E-state index contributed by atoms with van der Waals surface area (Å²) in [6.45, 7) is 14.4. The van der Waals surface area contributed by atoms with Gasteiger partial charge in [0.15, 0.2) is 0 Å². The Kier molecular flexibility index (Phi) is 15.3. The van der Waals surface area contributed by atoms with Gasteiger partial charge in [0.05, 0.1) is 17.6 Å². The number of nitrogens with zero attached hydrogens (tertiary/aromatic N) is 4. The van der Waals surface area contributed by atoms with Gasteiger partial charge in [-0.3, -0.25) is 19.2 Å². The minimum absolute atomic E-state index is 0.0301. The van der Waals surface area contributed by atoms with Gasteiger partial charge in [-0.1, -0.05) is 40.7 Å². The highest BCUT2D eigenvalue weighted by atomic mass is 16.2. The number of Topliss-reactive ketones (excluding diaryl/α,β-unsaturated/α-hetero) is 1. The Balaban J connectivity index is 1.03. The smallest absolute Gasteiger partial charge is 0.255 e. The Morgan fingerprint density at radius 3 is 2.29 bits per heavy atom. The Bertz CT molecular complexity index is 1720. The molecule has 1 saturated carbocycles. The van der Waals surface area contributed by atoms with Crippen molar-refractivity contribution < 1.29 is 19.2 Å². The summed E-state index contributed by atoms with van der Waals surface area (Å²) in [4.78, 5) is 65.5. The van der Waals surface area contributed by atoms with Crippen molar-refractivity contribution in [3.05, 3.63) is 53.2 Å². The first-order chi connectivity index (χ1) is 26.8. The molecule has 1 aromatic carbocycles. The number of aromatic nitrogens is 1. The number of amides is 3. The summed E-state index contributed by atoms with van der Waals surface area (Å²) in [5, 5.41) is 6.01. The molecule has 0 unspecified atom stereocenters. The molecule has 11 heteroatoms. The number of hydrogen-bond acceptors (Lipinski definition) is 8. The zero-order valence-corrected chi connectivity index (χ0v) is 34.5. The number of piperidine rings is 1. The maximum absolute atomic E-state index is 13.3. The highest BCUT2D eigenvalue weighted by molar-refractivity contribution is 6.08. The molecule has 56 heavy (non-hydrogen) atoms. The lowest BCUT2D eigenvalue weighted by atomic mass is 9.75. The van der Waals surface area contributed by atoms with E-state index in [1.807, 2.05) is 23.1 Å². The molecule has 3 amide bonds. The second-order valence-corrected chi connectivity index (χ2v) is 17.3. The predicted octanol–water partition coefficient (Wildman–Crippen LogP) is 8.07. The number of benzene rings is 1. The van der Waals surface area contributed by atoms with Gasteiger partial charge >= 0.3 is 0 Å². The average molecular weight is 768 g/mol. The van der Waals surface area contributed by atoms with Crippen LogP contribution in [0.3, 0.4) is 0 Å². The molecule has 0 atom stereocenters. The fraction of sp³-hybridized carbons (Fsp3) is 0.600. The van der Waals surface area contributed by atoms with Crippen molar-refractivity contribution in [1.82, 2.24) is 15.2 Å². The molecule has 2 aliphatic heterocycles. The molecule has 5 rings (SSSR count). The Hall–Kier alpha value is -4.54. The van der Waals surface area contributed by atoms with Crippen molar-refractivity contribution in [2.75, 3.05) is 42.9 Å². The van der Waals surface area contributed by atoms with E-state index in [0.29, 0.717) is 85.1 Å². The number of fused-ring (bicyclic) bond motifs is 1. The molecule has 2 aromatic rings. The first kappa shape index (κ1) is 42.6. The van der Waals surface area contributed by atoms with Crippen LogP contribution in [0.15, 0.2) is 47.1 Å². The summed E-state index contributed by atoms with van der Waals surface area (Å²) in [6, 6.07) is 8.94. The number of anilines is 2. The van der Waals surface area contributed by atoms with Gasteiger partial charge in [0.25, 0.3) is 5.91 Å². The first-order valence-corrected chi connectivity index (χ1v) is 21.1. The van der Waals surface area contributed by atoms with E-state index < -0.39 is 0 Å². The molecule has 0 spiro atoms. The number of rotatable bonds is 16. The average Bonchev–Trinajstić information content (AvgIpc) is 3.36. The van der Waals surface area contributed by atoms with E-state index in [-0.39, 0.29) is 36.0 Å². The van der Waals surface area contributed by atoms with Crippen molar-refractivity contribution in [2.45, 2.75) is 118 Å². The largest absolute Gasteiger partial charge is 0.387 e. The highest BCUT2D eigenvalue weighted by Gasteiger charge is 2.28. The Morgan fingerprint density at radius 1 is 0.929 bits per heavy atom. The van der Waals surface area contributed by atoms with Crippen LogP contribution in [-0.2, 0) is 14.4 Å². The van der Waals surface area contributed by atoms with Gasteiger partial charge < -0.3 is 26.2 Å². The molecule has 2 fully saturated rings. The standard InChI is InChI=1S/C45H65N7O4/c1-6-23-52(24-7-2)44(56)36-27-34-14-15-35(28-38(34)50-40(46)29-36)43(55)49-37-16-17-41(48-30-37)51-25-19-33(20-26-51)42(54)47-22-8-9-39(53)32-12-10-31(11-13-32)18-21-45(3,4)5/h14-17,27-28,30-33H,6-13,18-26,29H2,1-5H3,(H2,46,50)(H,47,54)(H,49,55). The van der Waals surface area contributed by atoms with Crippen molar-refractivity contribution in [2.24, 2.45) is 33.9 Å². The maximum Gasteiger partial charge on any atom is 0.255 e. The summed E-state index contributed by atoms with van der Waals surface area (Å²) < 4.78 is 0. The van der Waals surface area contributed by atoms with Crippen molar-refractivity contribution in [3.8, 4) is 0 Å². The zero-order valence-electron chi connectivity index (χ0n) is 34.5. The first-order valence-electron chi connectivity index (χ1n) is 21.1. The van der Waals surface area contributed by atoms with Crippen LogP contribution in [0.25, 0.3) is 6.08 Å². The van der Waals surface area contributed by atoms with E-state index in [9.17, 15) is 19.2 Å². The summed E-state index contributed by atoms with van der Waals surface area (Å²) in [5.41, 5.74) is 9.48. The van der Waals surface area contributed by atoms with Crippen molar-refractivity contribution in [3.63, 3.8) is 0 Å². The number of aliphatic imine (C=N–C) groups is 1. The monoisotopic (exact) mass is 768 g/mol. The fourth-order valence-electron chi connectivity index (χ4n) is 8.18. The van der Waals surface area contributed by atoms with Crippen LogP contribution in [0, 0.1) is 23.2 Å². The van der Waals surface area contributed by atoms with Crippen LogP contribution in [-0.4, -0.2) is 71.9 Å². The Labute approximate surface area is 334 Å². The van der Waals surface area contributed by atoms with Gasteiger partial charge in [0.2, 0.25) is 11.8 Å². The molecule has 304 valence electrons. The molecule has 3 aliphatic rings. The minimum Gasteiger partial charge on any atom is -0.387 e. The van der Waals surface area contributed by atoms with Crippen LogP contribution in [0.5, 0.6) is 0 Å². The summed E-state index contributed by atoms with van der Waals surface area (Å²) in [5.74, 6) is 2.16. The third-order valence-corrected chi connectivity index (χ3v) is 11.5. The van der Waals surface area contributed by atoms with E-state index in [1.54, 1.807) is 24.4 Å². The number of nitrogens with two attached hydrogens (primary N) is 1. The van der Waals surface area contributed by atoms with Crippen molar-refractivity contribution >= 4 is 52.6 Å². The summed E-state index contributed by atoms with van der Waals surface area (Å²) in [6.07, 6.45) is 15.1. The van der Waals surface area contributed by atoms with Crippen LogP contribution in [0.1, 0.15) is 134 Å². The lowest BCUT2D eigenvalue weighted by Crippen LogP contribution is -2.41. The van der Waals surface area contributed by atoms with E-state index in [0.717, 1.165) is 55.8 Å². The van der Waals surface area contributed by atoms with Gasteiger partial charge in [-0.25, -0.2) is 9.98 Å². The second-order valence-electron chi connectivity index (χ2n) is 17.3. The minimum atomic E-state index is -0.303. The van der Waals surface area contributed by atoms with Crippen LogP contribution < -0.4 is 21.3 Å². The van der Waals surface area contributed by atoms with Crippen LogP contribution in [0.4, 0.5) is 17.2 Å². The Morgan fingerprint density at radius 2 is 1.64 bits per heavy atom. The number of pyridine rings is 1. The molecule has 11 nitrogen and oxygen atoms in total.